The number of hydrogen-bond donors (Lipinski definition) is 1. The molecule has 2 unspecified atom stereocenters. The maximum atomic E-state index is 14.7. The number of hydrogen-bond acceptors (Lipinski definition) is 4. The van der Waals surface area contributed by atoms with Crippen LogP contribution in [0.4, 0.5) is 9.18 Å². The van der Waals surface area contributed by atoms with E-state index in [9.17, 15) is 14.3 Å². The Bertz CT molecular complexity index is 858. The van der Waals surface area contributed by atoms with E-state index in [1.54, 1.807) is 17.0 Å². The highest BCUT2D eigenvalue weighted by Crippen LogP contribution is 2.45. The van der Waals surface area contributed by atoms with Crippen LogP contribution >= 0.6 is 0 Å². The number of methoxy groups -OCH3 is 1. The molecule has 2 saturated heterocycles. The van der Waals surface area contributed by atoms with Gasteiger partial charge in [-0.15, -0.1) is 0 Å². The van der Waals surface area contributed by atoms with Crippen LogP contribution in [-0.2, 0) is 16.9 Å². The van der Waals surface area contributed by atoms with Crippen molar-refractivity contribution in [1.29, 1.82) is 0 Å². The van der Waals surface area contributed by atoms with Gasteiger partial charge in [-0.1, -0.05) is 30.3 Å². The van der Waals surface area contributed by atoms with Gasteiger partial charge in [0.05, 0.1) is 12.7 Å². The summed E-state index contributed by atoms with van der Waals surface area (Å²) in [6, 6.07) is 13.8. The van der Waals surface area contributed by atoms with Crippen molar-refractivity contribution in [2.45, 2.75) is 56.4 Å². The van der Waals surface area contributed by atoms with Crippen LogP contribution in [0, 0.1) is 5.82 Å². The topological polar surface area (TPSA) is 59.0 Å². The molecule has 0 aliphatic carbocycles. The van der Waals surface area contributed by atoms with Crippen LogP contribution in [0.3, 0.4) is 0 Å². The van der Waals surface area contributed by atoms with Gasteiger partial charge in [0.15, 0.2) is 0 Å². The van der Waals surface area contributed by atoms with Crippen molar-refractivity contribution < 1.29 is 23.8 Å². The van der Waals surface area contributed by atoms with Crippen molar-refractivity contribution in [3.05, 3.63) is 65.5 Å². The van der Waals surface area contributed by atoms with E-state index in [1.807, 2.05) is 30.3 Å². The lowest BCUT2D eigenvalue weighted by molar-refractivity contribution is -0.0911. The molecule has 1 amide bonds. The molecule has 1 N–H and O–H groups in total. The van der Waals surface area contributed by atoms with E-state index < -0.39 is 11.4 Å². The standard InChI is InChI=1S/C23H26FNO4/c1-28-19-10-11-20(21(24)12-19)23(27)13-17-8-5-9-18(14-23)25(17)22(26)29-15-16-6-3-2-4-7-16/h2-4,6-7,10-12,17-18,27H,5,8-9,13-15H2,1H3. The lowest BCUT2D eigenvalue weighted by Gasteiger charge is -2.51. The fourth-order valence-corrected chi connectivity index (χ4v) is 4.74. The lowest BCUT2D eigenvalue weighted by atomic mass is 9.72. The minimum Gasteiger partial charge on any atom is -0.497 e. The van der Waals surface area contributed by atoms with Crippen LogP contribution in [0.1, 0.15) is 43.2 Å². The molecule has 2 aromatic carbocycles. The van der Waals surface area contributed by atoms with Gasteiger partial charge in [0.25, 0.3) is 0 Å². The quantitative estimate of drug-likeness (QED) is 0.829. The van der Waals surface area contributed by atoms with E-state index in [-0.39, 0.29) is 30.3 Å². The molecule has 2 aromatic rings. The summed E-state index contributed by atoms with van der Waals surface area (Å²) in [5.41, 5.74) is -0.102. The molecule has 2 bridgehead atoms. The fourth-order valence-electron chi connectivity index (χ4n) is 4.74. The van der Waals surface area contributed by atoms with Crippen molar-refractivity contribution in [3.63, 3.8) is 0 Å². The first-order chi connectivity index (χ1) is 14.0. The van der Waals surface area contributed by atoms with Crippen LogP contribution in [-0.4, -0.2) is 35.3 Å². The number of fused-ring (bicyclic) bond motifs is 2. The Hall–Kier alpha value is -2.60. The number of benzene rings is 2. The summed E-state index contributed by atoms with van der Waals surface area (Å²) >= 11 is 0. The van der Waals surface area contributed by atoms with Crippen LogP contribution in [0.25, 0.3) is 0 Å². The molecular weight excluding hydrogens is 373 g/mol. The molecule has 2 fully saturated rings. The molecule has 2 atom stereocenters. The molecule has 2 aliphatic heterocycles. The maximum Gasteiger partial charge on any atom is 0.410 e. The largest absolute Gasteiger partial charge is 0.497 e. The van der Waals surface area contributed by atoms with E-state index in [1.165, 1.54) is 13.2 Å². The molecule has 2 aliphatic rings. The van der Waals surface area contributed by atoms with Gasteiger partial charge >= 0.3 is 6.09 Å². The van der Waals surface area contributed by atoms with Crippen molar-refractivity contribution in [1.82, 2.24) is 4.90 Å². The molecule has 5 nitrogen and oxygen atoms in total. The molecule has 0 radical (unpaired) electrons. The van der Waals surface area contributed by atoms with Gasteiger partial charge in [0.2, 0.25) is 0 Å². The summed E-state index contributed by atoms with van der Waals surface area (Å²) in [5, 5.41) is 11.3. The first-order valence-electron chi connectivity index (χ1n) is 10.1. The third kappa shape index (κ3) is 3.94. The Morgan fingerprint density at radius 2 is 1.86 bits per heavy atom. The number of carbonyl (C=O) groups excluding carboxylic acids is 1. The second-order valence-corrected chi connectivity index (χ2v) is 7.97. The van der Waals surface area contributed by atoms with E-state index in [0.29, 0.717) is 18.6 Å². The fraction of sp³-hybridized carbons (Fsp3) is 0.435. The smallest absolute Gasteiger partial charge is 0.410 e. The highest BCUT2D eigenvalue weighted by Gasteiger charge is 2.49. The molecule has 29 heavy (non-hydrogen) atoms. The molecule has 0 saturated carbocycles. The van der Waals surface area contributed by atoms with Gasteiger partial charge < -0.3 is 19.5 Å². The van der Waals surface area contributed by atoms with Crippen LogP contribution in [0.5, 0.6) is 5.75 Å². The van der Waals surface area contributed by atoms with Gasteiger partial charge in [-0.3, -0.25) is 0 Å². The van der Waals surface area contributed by atoms with Crippen molar-refractivity contribution >= 4 is 6.09 Å². The van der Waals surface area contributed by atoms with E-state index in [2.05, 4.69) is 0 Å². The number of amides is 1. The number of rotatable bonds is 4. The summed E-state index contributed by atoms with van der Waals surface area (Å²) < 4.78 is 25.3. The normalized spacial score (nSPS) is 26.1. The van der Waals surface area contributed by atoms with Crippen LogP contribution in [0.2, 0.25) is 0 Å². The average molecular weight is 399 g/mol. The van der Waals surface area contributed by atoms with Gasteiger partial charge in [-0.2, -0.15) is 0 Å². The molecule has 0 aromatic heterocycles. The Balaban J connectivity index is 1.50. The van der Waals surface area contributed by atoms with E-state index in [0.717, 1.165) is 24.8 Å². The zero-order valence-electron chi connectivity index (χ0n) is 16.5. The minimum absolute atomic E-state index is 0.169. The van der Waals surface area contributed by atoms with E-state index >= 15 is 0 Å². The average Bonchev–Trinajstić information content (AvgIpc) is 2.72. The third-order valence-corrected chi connectivity index (χ3v) is 6.10. The summed E-state index contributed by atoms with van der Waals surface area (Å²) in [7, 11) is 1.48. The molecule has 154 valence electrons. The number of ether oxygens (including phenoxy) is 2. The zero-order valence-corrected chi connectivity index (χ0v) is 16.5. The number of carbonyl (C=O) groups is 1. The second-order valence-electron chi connectivity index (χ2n) is 7.97. The summed E-state index contributed by atoms with van der Waals surface area (Å²) in [5.74, 6) is -0.0676. The van der Waals surface area contributed by atoms with Gasteiger partial charge in [-0.05, 0) is 37.0 Å². The number of halogens is 1. The SMILES string of the molecule is COc1ccc(C2(O)CC3CCCC(C2)N3C(=O)OCc2ccccc2)c(F)c1. The van der Waals surface area contributed by atoms with Crippen molar-refractivity contribution in [3.8, 4) is 5.75 Å². The number of aliphatic hydroxyl groups is 1. The Morgan fingerprint density at radius 1 is 1.17 bits per heavy atom. The lowest BCUT2D eigenvalue weighted by Crippen LogP contribution is -2.59. The van der Waals surface area contributed by atoms with Gasteiger partial charge in [-0.25, -0.2) is 9.18 Å². The summed E-state index contributed by atoms with van der Waals surface area (Å²) in [4.78, 5) is 14.6. The van der Waals surface area contributed by atoms with Gasteiger partial charge in [0.1, 0.15) is 18.2 Å². The molecule has 4 rings (SSSR count). The molecule has 6 heteroatoms. The Kier molecular flexibility index (Phi) is 5.46. The van der Waals surface area contributed by atoms with Crippen molar-refractivity contribution in [2.24, 2.45) is 0 Å². The number of piperidine rings is 2. The monoisotopic (exact) mass is 399 g/mol. The summed E-state index contributed by atoms with van der Waals surface area (Å²) in [6.45, 7) is 0.215. The first-order valence-corrected chi connectivity index (χ1v) is 10.1. The predicted molar refractivity (Wildman–Crippen MR) is 106 cm³/mol. The van der Waals surface area contributed by atoms with E-state index in [4.69, 9.17) is 9.47 Å². The van der Waals surface area contributed by atoms with Crippen LogP contribution in [0.15, 0.2) is 48.5 Å². The predicted octanol–water partition coefficient (Wildman–Crippen LogP) is 4.38. The Morgan fingerprint density at radius 3 is 2.48 bits per heavy atom. The maximum absolute atomic E-state index is 14.7. The second kappa shape index (κ2) is 8.03. The first kappa shape index (κ1) is 19.7. The molecule has 0 spiro atoms. The van der Waals surface area contributed by atoms with Gasteiger partial charge in [0, 0.05) is 36.6 Å². The molecule has 2 heterocycles. The zero-order chi connectivity index (χ0) is 20.4. The highest BCUT2D eigenvalue weighted by atomic mass is 19.1. The third-order valence-electron chi connectivity index (χ3n) is 6.10. The Labute approximate surface area is 170 Å². The number of nitrogens with zero attached hydrogens (tertiary/aromatic N) is 1. The highest BCUT2D eigenvalue weighted by molar-refractivity contribution is 5.69. The van der Waals surface area contributed by atoms with Crippen LogP contribution < -0.4 is 4.74 Å². The molecular formula is C23H26FNO4. The van der Waals surface area contributed by atoms with Crippen molar-refractivity contribution in [2.75, 3.05) is 7.11 Å². The minimum atomic E-state index is -1.30. The summed E-state index contributed by atoms with van der Waals surface area (Å²) in [6.07, 6.45) is 2.77.